The molecule has 0 bridgehead atoms. The maximum absolute atomic E-state index is 12.5. The first-order valence-corrected chi connectivity index (χ1v) is 7.76. The van der Waals surface area contributed by atoms with Crippen molar-refractivity contribution in [2.45, 2.75) is 10.7 Å². The fourth-order valence-corrected chi connectivity index (χ4v) is 2.03. The van der Waals surface area contributed by atoms with Gasteiger partial charge < -0.3 is 10.6 Å². The molecule has 0 atom stereocenters. The minimum absolute atomic E-state index is 0.259. The average Bonchev–Trinajstić information content (AvgIpc) is 2.49. The number of hydrogen-bond acceptors (Lipinski definition) is 2. The number of halogens is 3. The highest BCUT2D eigenvalue weighted by molar-refractivity contribution is 6.76. The Morgan fingerprint density at radius 2 is 1.43 bits per heavy atom. The predicted molar refractivity (Wildman–Crippen MR) is 94.5 cm³/mol. The predicted octanol–water partition coefficient (Wildman–Crippen LogP) is 4.56. The number of anilines is 2. The van der Waals surface area contributed by atoms with Crippen LogP contribution >= 0.6 is 34.8 Å². The number of benzene rings is 2. The van der Waals surface area contributed by atoms with E-state index in [1.165, 1.54) is 0 Å². The van der Waals surface area contributed by atoms with Crippen molar-refractivity contribution in [2.75, 3.05) is 10.6 Å². The molecule has 0 aliphatic rings. The van der Waals surface area contributed by atoms with Crippen LogP contribution in [0, 0.1) is 6.92 Å². The largest absolute Gasteiger partial charge is 0.322 e. The zero-order valence-electron chi connectivity index (χ0n) is 12.1. The van der Waals surface area contributed by atoms with Crippen molar-refractivity contribution in [3.63, 3.8) is 0 Å². The van der Waals surface area contributed by atoms with Gasteiger partial charge in [-0.2, -0.15) is 0 Å². The van der Waals surface area contributed by atoms with Crippen LogP contribution in [0.1, 0.15) is 15.9 Å². The van der Waals surface area contributed by atoms with Crippen LogP contribution in [0.4, 0.5) is 11.4 Å². The van der Waals surface area contributed by atoms with E-state index in [1.807, 2.05) is 25.1 Å². The van der Waals surface area contributed by atoms with Crippen LogP contribution in [0.5, 0.6) is 0 Å². The highest BCUT2D eigenvalue weighted by atomic mass is 35.6. The summed E-state index contributed by atoms with van der Waals surface area (Å²) in [6, 6.07) is 13.8. The van der Waals surface area contributed by atoms with Crippen LogP contribution in [0.15, 0.2) is 48.5 Å². The second-order valence-electron chi connectivity index (χ2n) is 4.77. The van der Waals surface area contributed by atoms with Crippen molar-refractivity contribution in [3.05, 3.63) is 59.7 Å². The van der Waals surface area contributed by atoms with Crippen molar-refractivity contribution in [3.8, 4) is 0 Å². The lowest BCUT2D eigenvalue weighted by atomic mass is 10.1. The summed E-state index contributed by atoms with van der Waals surface area (Å²) in [5.74, 6) is -1.21. The molecule has 0 aliphatic carbocycles. The van der Waals surface area contributed by atoms with Gasteiger partial charge in [-0.15, -0.1) is 0 Å². The Labute approximate surface area is 148 Å². The van der Waals surface area contributed by atoms with Gasteiger partial charge in [-0.05, 0) is 30.7 Å². The number of carbonyl (C=O) groups excluding carboxylic acids is 2. The standard InChI is InChI=1S/C16H13Cl3N2O2/c1-10-6-2-4-8-12(10)20-14(22)11-7-3-5-9-13(11)21-15(23)16(17,18)19/h2-9H,1H3,(H,20,22)(H,21,23). The molecule has 0 unspecified atom stereocenters. The number of nitrogens with one attached hydrogen (secondary N) is 2. The highest BCUT2D eigenvalue weighted by Crippen LogP contribution is 2.28. The van der Waals surface area contributed by atoms with E-state index in [0.29, 0.717) is 5.69 Å². The van der Waals surface area contributed by atoms with Gasteiger partial charge in [0.25, 0.3) is 15.6 Å². The van der Waals surface area contributed by atoms with E-state index < -0.39 is 9.70 Å². The molecule has 7 heteroatoms. The minimum atomic E-state index is -2.11. The Balaban J connectivity index is 2.25. The Kier molecular flexibility index (Phi) is 5.52. The molecule has 0 radical (unpaired) electrons. The maximum atomic E-state index is 12.5. The Bertz CT molecular complexity index is 742. The van der Waals surface area contributed by atoms with Crippen molar-refractivity contribution in [2.24, 2.45) is 0 Å². The van der Waals surface area contributed by atoms with Gasteiger partial charge in [0.05, 0.1) is 11.3 Å². The van der Waals surface area contributed by atoms with Crippen LogP contribution in [-0.4, -0.2) is 15.6 Å². The molecule has 0 spiro atoms. The second-order valence-corrected chi connectivity index (χ2v) is 7.05. The number of hydrogen-bond donors (Lipinski definition) is 2. The molecule has 0 aliphatic heterocycles. The van der Waals surface area contributed by atoms with E-state index in [9.17, 15) is 9.59 Å². The molecule has 0 fully saturated rings. The van der Waals surface area contributed by atoms with Gasteiger partial charge in [0, 0.05) is 5.69 Å². The summed E-state index contributed by atoms with van der Waals surface area (Å²) in [6.07, 6.45) is 0. The Morgan fingerprint density at radius 1 is 0.870 bits per heavy atom. The van der Waals surface area contributed by atoms with E-state index >= 15 is 0 Å². The molecule has 0 saturated heterocycles. The second kappa shape index (κ2) is 7.21. The van der Waals surface area contributed by atoms with Gasteiger partial charge in [0.15, 0.2) is 0 Å². The van der Waals surface area contributed by atoms with Crippen molar-refractivity contribution >= 4 is 58.0 Å². The van der Waals surface area contributed by atoms with Crippen LogP contribution in [-0.2, 0) is 4.79 Å². The van der Waals surface area contributed by atoms with Crippen molar-refractivity contribution in [1.29, 1.82) is 0 Å². The summed E-state index contributed by atoms with van der Waals surface area (Å²) < 4.78 is -2.11. The molecular formula is C16H13Cl3N2O2. The van der Waals surface area contributed by atoms with E-state index in [0.717, 1.165) is 5.56 Å². The zero-order valence-corrected chi connectivity index (χ0v) is 14.3. The van der Waals surface area contributed by atoms with Crippen LogP contribution in [0.3, 0.4) is 0 Å². The summed E-state index contributed by atoms with van der Waals surface area (Å²) in [5, 5.41) is 5.23. The minimum Gasteiger partial charge on any atom is -0.322 e. The van der Waals surface area contributed by atoms with Gasteiger partial charge in [0.2, 0.25) is 0 Å². The third kappa shape index (κ3) is 4.61. The molecule has 2 amide bonds. The maximum Gasteiger partial charge on any atom is 0.276 e. The number of alkyl halides is 3. The smallest absolute Gasteiger partial charge is 0.276 e. The normalized spacial score (nSPS) is 11.0. The third-order valence-corrected chi connectivity index (χ3v) is 3.59. The first-order valence-electron chi connectivity index (χ1n) is 6.63. The quantitative estimate of drug-likeness (QED) is 0.777. The van der Waals surface area contributed by atoms with E-state index in [-0.39, 0.29) is 17.2 Å². The summed E-state index contributed by atoms with van der Waals surface area (Å²) in [7, 11) is 0. The van der Waals surface area contributed by atoms with Crippen molar-refractivity contribution in [1.82, 2.24) is 0 Å². The lowest BCUT2D eigenvalue weighted by molar-refractivity contribution is -0.115. The van der Waals surface area contributed by atoms with Gasteiger partial charge in [0.1, 0.15) is 0 Å². The lowest BCUT2D eigenvalue weighted by Crippen LogP contribution is -2.28. The van der Waals surface area contributed by atoms with Gasteiger partial charge in [-0.3, -0.25) is 9.59 Å². The van der Waals surface area contributed by atoms with Gasteiger partial charge in [-0.1, -0.05) is 65.1 Å². The molecule has 23 heavy (non-hydrogen) atoms. The van der Waals surface area contributed by atoms with Crippen LogP contribution < -0.4 is 10.6 Å². The number of aryl methyl sites for hydroxylation is 1. The molecule has 4 nitrogen and oxygen atoms in total. The zero-order chi connectivity index (χ0) is 17.0. The molecule has 0 saturated carbocycles. The molecule has 0 heterocycles. The highest BCUT2D eigenvalue weighted by Gasteiger charge is 2.31. The molecule has 2 aromatic rings. The van der Waals surface area contributed by atoms with Gasteiger partial charge >= 0.3 is 0 Å². The Morgan fingerprint density at radius 3 is 2.04 bits per heavy atom. The van der Waals surface area contributed by atoms with E-state index in [1.54, 1.807) is 30.3 Å². The average molecular weight is 372 g/mol. The number of amides is 2. The summed E-state index contributed by atoms with van der Waals surface area (Å²) in [6.45, 7) is 1.88. The number of para-hydroxylation sites is 2. The summed E-state index contributed by atoms with van der Waals surface area (Å²) in [5.41, 5.74) is 2.12. The fraction of sp³-hybridized carbons (Fsp3) is 0.125. The molecule has 0 aromatic heterocycles. The number of rotatable bonds is 3. The monoisotopic (exact) mass is 370 g/mol. The topological polar surface area (TPSA) is 58.2 Å². The van der Waals surface area contributed by atoms with Crippen molar-refractivity contribution < 1.29 is 9.59 Å². The van der Waals surface area contributed by atoms with E-state index in [4.69, 9.17) is 34.8 Å². The Hall–Kier alpha value is -1.75. The third-order valence-electron chi connectivity index (χ3n) is 3.07. The molecular weight excluding hydrogens is 359 g/mol. The molecule has 2 rings (SSSR count). The molecule has 2 N–H and O–H groups in total. The first-order chi connectivity index (χ1) is 10.8. The molecule has 120 valence electrons. The lowest BCUT2D eigenvalue weighted by Gasteiger charge is -2.15. The number of carbonyl (C=O) groups is 2. The van der Waals surface area contributed by atoms with Gasteiger partial charge in [-0.25, -0.2) is 0 Å². The van der Waals surface area contributed by atoms with E-state index in [2.05, 4.69) is 10.6 Å². The summed E-state index contributed by atoms with van der Waals surface area (Å²) >= 11 is 16.6. The van der Waals surface area contributed by atoms with Crippen LogP contribution in [0.25, 0.3) is 0 Å². The van der Waals surface area contributed by atoms with Crippen LogP contribution in [0.2, 0.25) is 0 Å². The summed E-state index contributed by atoms with van der Waals surface area (Å²) in [4.78, 5) is 24.2. The first kappa shape index (κ1) is 17.6. The fourth-order valence-electron chi connectivity index (χ4n) is 1.89. The SMILES string of the molecule is Cc1ccccc1NC(=O)c1ccccc1NC(=O)C(Cl)(Cl)Cl. The molecule has 2 aromatic carbocycles.